The Morgan fingerprint density at radius 1 is 1.07 bits per heavy atom. The third-order valence-corrected chi connectivity index (χ3v) is 5.23. The summed E-state index contributed by atoms with van der Waals surface area (Å²) in [5.41, 5.74) is 1.46. The molecule has 0 aliphatic rings. The number of rotatable bonds is 7. The van der Waals surface area contributed by atoms with Gasteiger partial charge < -0.3 is 10.1 Å². The molecule has 0 aromatic heterocycles. The smallest absolute Gasteiger partial charge is 0.337 e. The minimum Gasteiger partial charge on any atom is -0.465 e. The summed E-state index contributed by atoms with van der Waals surface area (Å²) in [5, 5.41) is 2.65. The number of esters is 1. The summed E-state index contributed by atoms with van der Waals surface area (Å²) >= 11 is 0. The van der Waals surface area contributed by atoms with Crippen molar-refractivity contribution in [2.45, 2.75) is 24.8 Å². The summed E-state index contributed by atoms with van der Waals surface area (Å²) in [6.07, 6.45) is 2.88. The van der Waals surface area contributed by atoms with E-state index in [1.54, 1.807) is 50.3 Å². The predicted octanol–water partition coefficient (Wildman–Crippen LogP) is 2.81. The summed E-state index contributed by atoms with van der Waals surface area (Å²) in [7, 11) is -2.27. The molecule has 0 bridgehead atoms. The van der Waals surface area contributed by atoms with Crippen molar-refractivity contribution in [1.82, 2.24) is 4.72 Å². The van der Waals surface area contributed by atoms with Gasteiger partial charge in [0.1, 0.15) is 0 Å². The minimum absolute atomic E-state index is 0.155. The van der Waals surface area contributed by atoms with Crippen LogP contribution in [-0.4, -0.2) is 33.4 Å². The highest BCUT2D eigenvalue weighted by atomic mass is 32.2. The minimum atomic E-state index is -3.55. The average molecular weight is 402 g/mol. The highest BCUT2D eigenvalue weighted by Crippen LogP contribution is 2.14. The number of hydrogen-bond donors (Lipinski definition) is 2. The second-order valence-electron chi connectivity index (χ2n) is 6.24. The Morgan fingerprint density at radius 3 is 2.36 bits per heavy atom. The van der Waals surface area contributed by atoms with Gasteiger partial charge >= 0.3 is 5.97 Å². The van der Waals surface area contributed by atoms with E-state index in [4.69, 9.17) is 0 Å². The Hall–Kier alpha value is -2.97. The van der Waals surface area contributed by atoms with Crippen LogP contribution in [0.5, 0.6) is 0 Å². The van der Waals surface area contributed by atoms with E-state index >= 15 is 0 Å². The summed E-state index contributed by atoms with van der Waals surface area (Å²) in [5.74, 6) is -0.881. The number of anilines is 1. The van der Waals surface area contributed by atoms with Gasteiger partial charge in [0.05, 0.1) is 17.6 Å². The fourth-order valence-electron chi connectivity index (χ4n) is 2.33. The lowest BCUT2D eigenvalue weighted by Crippen LogP contribution is -2.30. The van der Waals surface area contributed by atoms with Gasteiger partial charge in [0, 0.05) is 17.8 Å². The second-order valence-corrected chi connectivity index (χ2v) is 7.95. The fourth-order valence-corrected chi connectivity index (χ4v) is 3.59. The van der Waals surface area contributed by atoms with Crippen molar-refractivity contribution < 1.29 is 22.7 Å². The molecule has 7 nitrogen and oxygen atoms in total. The Morgan fingerprint density at radius 2 is 1.75 bits per heavy atom. The topological polar surface area (TPSA) is 102 Å². The molecule has 1 amide bonds. The maximum absolute atomic E-state index is 12.1. The van der Waals surface area contributed by atoms with Gasteiger partial charge in [0.25, 0.3) is 0 Å². The number of carbonyl (C=O) groups excluding carboxylic acids is 2. The molecule has 28 heavy (non-hydrogen) atoms. The van der Waals surface area contributed by atoms with Crippen LogP contribution in [0.4, 0.5) is 5.69 Å². The maximum atomic E-state index is 12.1. The van der Waals surface area contributed by atoms with Gasteiger partial charge in [-0.25, -0.2) is 17.9 Å². The van der Waals surface area contributed by atoms with Crippen molar-refractivity contribution in [2.75, 3.05) is 12.4 Å². The molecule has 0 saturated carbocycles. The molecule has 0 radical (unpaired) electrons. The number of hydrogen-bond acceptors (Lipinski definition) is 5. The first kappa shape index (κ1) is 21.3. The zero-order chi connectivity index (χ0) is 20.7. The van der Waals surface area contributed by atoms with Crippen molar-refractivity contribution in [3.63, 3.8) is 0 Å². The molecule has 0 heterocycles. The Bertz CT molecular complexity index is 980. The van der Waals surface area contributed by atoms with Crippen LogP contribution in [0.25, 0.3) is 6.08 Å². The molecule has 8 heteroatoms. The van der Waals surface area contributed by atoms with Crippen LogP contribution in [0, 0.1) is 0 Å². The molecular formula is C20H22N2O5S. The molecule has 0 unspecified atom stereocenters. The number of nitrogens with one attached hydrogen (secondary N) is 2. The van der Waals surface area contributed by atoms with Crippen LogP contribution in [0.15, 0.2) is 59.5 Å². The van der Waals surface area contributed by atoms with Crippen LogP contribution < -0.4 is 10.0 Å². The number of methoxy groups -OCH3 is 1. The molecule has 2 N–H and O–H groups in total. The van der Waals surface area contributed by atoms with Gasteiger partial charge in [0.15, 0.2) is 0 Å². The largest absolute Gasteiger partial charge is 0.465 e. The summed E-state index contributed by atoms with van der Waals surface area (Å²) < 4.78 is 31.3. The van der Waals surface area contributed by atoms with E-state index in [-0.39, 0.29) is 16.8 Å². The SMILES string of the molecule is COC(=O)c1cccc(NC(=O)/C=C/c2ccc(S(=O)(=O)NC(C)C)cc2)c1. The molecular weight excluding hydrogens is 380 g/mol. The number of benzene rings is 2. The van der Waals surface area contributed by atoms with Gasteiger partial charge in [-0.3, -0.25) is 4.79 Å². The predicted molar refractivity (Wildman–Crippen MR) is 107 cm³/mol. The highest BCUT2D eigenvalue weighted by Gasteiger charge is 2.14. The van der Waals surface area contributed by atoms with E-state index in [1.165, 1.54) is 31.4 Å². The Kier molecular flexibility index (Phi) is 7.08. The van der Waals surface area contributed by atoms with E-state index in [2.05, 4.69) is 14.8 Å². The van der Waals surface area contributed by atoms with Gasteiger partial charge in [-0.05, 0) is 55.8 Å². The molecule has 2 aromatic rings. The van der Waals surface area contributed by atoms with Crippen molar-refractivity contribution in [2.24, 2.45) is 0 Å². The van der Waals surface area contributed by atoms with E-state index in [9.17, 15) is 18.0 Å². The molecule has 0 spiro atoms. The third-order valence-electron chi connectivity index (χ3n) is 3.56. The van der Waals surface area contributed by atoms with Crippen molar-refractivity contribution in [1.29, 1.82) is 0 Å². The van der Waals surface area contributed by atoms with Crippen LogP contribution in [0.1, 0.15) is 29.8 Å². The zero-order valence-corrected chi connectivity index (χ0v) is 16.6. The van der Waals surface area contributed by atoms with Crippen molar-refractivity contribution >= 4 is 33.7 Å². The van der Waals surface area contributed by atoms with Crippen molar-refractivity contribution in [3.8, 4) is 0 Å². The lowest BCUT2D eigenvalue weighted by atomic mass is 10.2. The van der Waals surface area contributed by atoms with Crippen LogP contribution in [-0.2, 0) is 19.6 Å². The van der Waals surface area contributed by atoms with Gasteiger partial charge in [-0.15, -0.1) is 0 Å². The average Bonchev–Trinajstić information content (AvgIpc) is 2.65. The second kappa shape index (κ2) is 9.29. The molecule has 2 aromatic carbocycles. The number of carbonyl (C=O) groups is 2. The quantitative estimate of drug-likeness (QED) is 0.548. The van der Waals surface area contributed by atoms with Gasteiger partial charge in [0.2, 0.25) is 15.9 Å². The first-order chi connectivity index (χ1) is 13.2. The van der Waals surface area contributed by atoms with E-state index in [0.29, 0.717) is 16.8 Å². The van der Waals surface area contributed by atoms with Gasteiger partial charge in [-0.2, -0.15) is 0 Å². The molecule has 0 atom stereocenters. The lowest BCUT2D eigenvalue weighted by molar-refractivity contribution is -0.111. The fraction of sp³-hybridized carbons (Fsp3) is 0.200. The van der Waals surface area contributed by atoms with E-state index in [0.717, 1.165) is 0 Å². The molecule has 0 aliphatic heterocycles. The van der Waals surface area contributed by atoms with Crippen LogP contribution in [0.2, 0.25) is 0 Å². The van der Waals surface area contributed by atoms with Crippen LogP contribution >= 0.6 is 0 Å². The Labute approximate surface area is 164 Å². The highest BCUT2D eigenvalue weighted by molar-refractivity contribution is 7.89. The first-order valence-corrected chi connectivity index (χ1v) is 9.99. The lowest BCUT2D eigenvalue weighted by Gasteiger charge is -2.09. The number of amides is 1. The normalized spacial score (nSPS) is 11.6. The first-order valence-electron chi connectivity index (χ1n) is 8.51. The third kappa shape index (κ3) is 6.04. The van der Waals surface area contributed by atoms with Crippen LogP contribution in [0.3, 0.4) is 0 Å². The zero-order valence-electron chi connectivity index (χ0n) is 15.8. The van der Waals surface area contributed by atoms with Gasteiger partial charge in [-0.1, -0.05) is 18.2 Å². The molecule has 148 valence electrons. The standard InChI is InChI=1S/C20H22N2O5S/c1-14(2)22-28(25,26)18-10-7-15(8-11-18)9-12-19(23)21-17-6-4-5-16(13-17)20(24)27-3/h4-14,22H,1-3H3,(H,21,23)/b12-9+. The maximum Gasteiger partial charge on any atom is 0.337 e. The molecule has 0 aliphatic carbocycles. The molecule has 0 saturated heterocycles. The monoisotopic (exact) mass is 402 g/mol. The number of ether oxygens (including phenoxy) is 1. The van der Waals surface area contributed by atoms with E-state index in [1.807, 2.05) is 0 Å². The summed E-state index contributed by atoms with van der Waals surface area (Å²) in [6, 6.07) is 12.3. The summed E-state index contributed by atoms with van der Waals surface area (Å²) in [4.78, 5) is 23.7. The Balaban J connectivity index is 2.04. The summed E-state index contributed by atoms with van der Waals surface area (Å²) in [6.45, 7) is 3.49. The van der Waals surface area contributed by atoms with Crippen molar-refractivity contribution in [3.05, 3.63) is 65.7 Å². The molecule has 0 fully saturated rings. The molecule has 2 rings (SSSR count). The van der Waals surface area contributed by atoms with E-state index < -0.39 is 16.0 Å². The number of sulfonamides is 1.